The monoisotopic (exact) mass is 711 g/mol. The van der Waals surface area contributed by atoms with E-state index in [1.165, 1.54) is 0 Å². The van der Waals surface area contributed by atoms with E-state index in [1.807, 2.05) is 54.6 Å². The molecule has 2 aliphatic heterocycles. The van der Waals surface area contributed by atoms with Gasteiger partial charge >= 0.3 is 0 Å². The van der Waals surface area contributed by atoms with Crippen molar-refractivity contribution in [3.63, 3.8) is 0 Å². The van der Waals surface area contributed by atoms with E-state index in [9.17, 15) is 19.2 Å². The zero-order chi connectivity index (χ0) is 36.6. The number of aromatic nitrogens is 4. The first-order valence-corrected chi connectivity index (χ1v) is 17.1. The Morgan fingerprint density at radius 3 is 2.21 bits per heavy atom. The highest BCUT2D eigenvalue weighted by Gasteiger charge is 2.44. The van der Waals surface area contributed by atoms with Crippen molar-refractivity contribution in [2.45, 2.75) is 56.7 Å². The fourth-order valence-electron chi connectivity index (χ4n) is 6.73. The summed E-state index contributed by atoms with van der Waals surface area (Å²) in [7, 11) is 0. The summed E-state index contributed by atoms with van der Waals surface area (Å²) < 4.78 is 17.5. The second kappa shape index (κ2) is 13.8. The summed E-state index contributed by atoms with van der Waals surface area (Å²) in [6.45, 7) is 5.76. The first-order chi connectivity index (χ1) is 25.7. The molecule has 1 saturated heterocycles. The smallest absolute Gasteiger partial charge is 0.285 e. The van der Waals surface area contributed by atoms with E-state index in [2.05, 4.69) is 37.4 Å². The number of allylic oxidation sites excluding steroid dienone is 1. The van der Waals surface area contributed by atoms with Gasteiger partial charge in [0.2, 0.25) is 23.5 Å². The summed E-state index contributed by atoms with van der Waals surface area (Å²) in [5, 5.41) is 13.4. The van der Waals surface area contributed by atoms with Crippen molar-refractivity contribution in [3.05, 3.63) is 120 Å². The summed E-state index contributed by atoms with van der Waals surface area (Å²) in [5.74, 6) is 0.741. The number of aryl methyl sites for hydroxylation is 1. The van der Waals surface area contributed by atoms with Crippen LogP contribution in [0, 0.1) is 6.92 Å². The average Bonchev–Trinajstić information content (AvgIpc) is 3.69. The third kappa shape index (κ3) is 6.73. The molecule has 5 aromatic rings. The molecular weight excluding hydrogens is 678 g/mol. The Kier molecular flexibility index (Phi) is 8.70. The van der Waals surface area contributed by atoms with Crippen LogP contribution in [0.1, 0.15) is 69.3 Å². The molecule has 0 spiro atoms. The van der Waals surface area contributed by atoms with Gasteiger partial charge in [-0.1, -0.05) is 30.3 Å². The van der Waals surface area contributed by atoms with Gasteiger partial charge in [-0.2, -0.15) is 0 Å². The van der Waals surface area contributed by atoms with Crippen LogP contribution in [0.2, 0.25) is 0 Å². The predicted molar refractivity (Wildman–Crippen MR) is 189 cm³/mol. The molecule has 2 atom stereocenters. The highest BCUT2D eigenvalue weighted by molar-refractivity contribution is 6.23. The van der Waals surface area contributed by atoms with Crippen LogP contribution in [0.15, 0.2) is 96.2 Å². The van der Waals surface area contributed by atoms with Crippen molar-refractivity contribution in [3.8, 4) is 29.0 Å². The molecule has 53 heavy (non-hydrogen) atoms. The Morgan fingerprint density at radius 1 is 0.887 bits per heavy atom. The molecule has 2 N–H and O–H groups in total. The second-order valence-electron chi connectivity index (χ2n) is 13.1. The minimum atomic E-state index is -0.994. The molecule has 1 aliphatic carbocycles. The van der Waals surface area contributed by atoms with Crippen LogP contribution >= 0.6 is 0 Å². The summed E-state index contributed by atoms with van der Waals surface area (Å²) >= 11 is 0. The maximum absolute atomic E-state index is 13.2. The molecule has 4 amide bonds. The number of rotatable bonds is 11. The van der Waals surface area contributed by atoms with Gasteiger partial charge in [0.25, 0.3) is 17.7 Å². The van der Waals surface area contributed by atoms with E-state index >= 15 is 0 Å². The lowest BCUT2D eigenvalue weighted by Gasteiger charge is -2.36. The quantitative estimate of drug-likeness (QED) is 0.132. The molecule has 4 heterocycles. The van der Waals surface area contributed by atoms with Gasteiger partial charge in [0, 0.05) is 43.8 Å². The number of hydrogen-bond donors (Lipinski definition) is 2. The number of piperidine rings is 1. The minimum absolute atomic E-state index is 0.0198. The van der Waals surface area contributed by atoms with Crippen molar-refractivity contribution in [1.82, 2.24) is 30.4 Å². The summed E-state index contributed by atoms with van der Waals surface area (Å²) in [5.41, 5.74) is 3.31. The number of carbonyl (C=O) groups is 4. The molecule has 8 rings (SSSR count). The lowest BCUT2D eigenvalue weighted by Crippen LogP contribution is -2.54. The van der Waals surface area contributed by atoms with Gasteiger partial charge in [0.1, 0.15) is 23.6 Å². The number of nitrogens with zero attached hydrogens (tertiary/aromatic N) is 5. The predicted octanol–water partition coefficient (Wildman–Crippen LogP) is 5.37. The maximum atomic E-state index is 13.2. The number of hydrogen-bond acceptors (Lipinski definition) is 12. The molecule has 0 radical (unpaired) electrons. The zero-order valence-corrected chi connectivity index (χ0v) is 28.5. The normalized spacial score (nSPS) is 19.9. The second-order valence-corrected chi connectivity index (χ2v) is 13.1. The number of anilines is 1. The van der Waals surface area contributed by atoms with E-state index < -0.39 is 29.7 Å². The highest BCUT2D eigenvalue weighted by Crippen LogP contribution is 2.34. The third-order valence-corrected chi connectivity index (χ3v) is 9.50. The van der Waals surface area contributed by atoms with Crippen molar-refractivity contribution < 1.29 is 33.1 Å². The van der Waals surface area contributed by atoms with Gasteiger partial charge in [-0.15, -0.1) is 16.8 Å². The fraction of sp³-hybridized carbons (Fsp3) is 0.231. The molecule has 3 aromatic carbocycles. The Hall–Kier alpha value is -6.70. The van der Waals surface area contributed by atoms with Gasteiger partial charge in [0.05, 0.1) is 23.5 Å². The molecule has 3 aliphatic rings. The van der Waals surface area contributed by atoms with Crippen LogP contribution in [-0.4, -0.2) is 66.9 Å². The number of fused-ring (bicyclic) bond motifs is 1. The molecular formula is C39H33N7O7. The lowest BCUT2D eigenvalue weighted by atomic mass is 9.88. The van der Waals surface area contributed by atoms with Crippen molar-refractivity contribution in [1.29, 1.82) is 0 Å². The number of ether oxygens (including phenoxy) is 2. The number of benzene rings is 3. The Balaban J connectivity index is 0.827. The van der Waals surface area contributed by atoms with Crippen LogP contribution in [0.4, 0.5) is 5.69 Å². The molecule has 2 fully saturated rings. The van der Waals surface area contributed by atoms with Crippen LogP contribution in [0.3, 0.4) is 0 Å². The average molecular weight is 712 g/mol. The lowest BCUT2D eigenvalue weighted by molar-refractivity contribution is -0.136. The molecule has 0 unspecified atom stereocenters. The Morgan fingerprint density at radius 2 is 1.57 bits per heavy atom. The van der Waals surface area contributed by atoms with Crippen LogP contribution < -0.4 is 20.1 Å². The van der Waals surface area contributed by atoms with Crippen molar-refractivity contribution in [2.24, 2.45) is 0 Å². The van der Waals surface area contributed by atoms with E-state index in [0.29, 0.717) is 28.9 Å². The van der Waals surface area contributed by atoms with Crippen LogP contribution in [0.5, 0.6) is 17.2 Å². The molecule has 14 nitrogen and oxygen atoms in total. The maximum Gasteiger partial charge on any atom is 0.285 e. The summed E-state index contributed by atoms with van der Waals surface area (Å²) in [6, 6.07) is 19.9. The largest absolute Gasteiger partial charge is 0.490 e. The van der Waals surface area contributed by atoms with E-state index in [-0.39, 0.29) is 47.9 Å². The van der Waals surface area contributed by atoms with Gasteiger partial charge in [-0.3, -0.25) is 29.4 Å². The fourth-order valence-corrected chi connectivity index (χ4v) is 6.73. The van der Waals surface area contributed by atoms with Crippen LogP contribution in [-0.2, 0) is 9.59 Å². The summed E-state index contributed by atoms with van der Waals surface area (Å²) in [6.07, 6.45) is 6.72. The van der Waals surface area contributed by atoms with Crippen LogP contribution in [0.25, 0.3) is 11.7 Å². The Bertz CT molecular complexity index is 2230. The number of carbonyl (C=O) groups excluding carboxylic acids is 4. The SMILES string of the molecule is C=C[C@@H](c1ccc(Oc2cnc(-c3nnc(C)o3)nc2)cc1)c1ccc(OC2CC(Nc3ccc4c(c3)C(=O)N([C@@H]3CCC(=O)NC3=O)C4=O)C2)cc1. The van der Waals surface area contributed by atoms with E-state index in [1.54, 1.807) is 37.5 Å². The van der Waals surface area contributed by atoms with Gasteiger partial charge in [-0.05, 0) is 60.0 Å². The van der Waals surface area contributed by atoms with Crippen molar-refractivity contribution in [2.75, 3.05) is 5.32 Å². The molecule has 14 heteroatoms. The molecule has 266 valence electrons. The van der Waals surface area contributed by atoms with Gasteiger partial charge in [0.15, 0.2) is 5.75 Å². The number of amides is 4. The standard InChI is InChI=1S/C39H33N7O7/c1-3-30(23-6-11-27(12-7-23)53-29-19-40-35(41-20-29)37-45-44-21(2)51-37)22-4-9-26(10-5-22)52-28-16-25(17-28)42-24-8-13-31-32(18-24)39(50)46(38(31)49)33-14-15-34(47)43-36(33)48/h3-13,18-20,25,28,30,33,42H,1,14-17H2,2H3,(H,43,47,48)/t25?,28?,30-,33-/m1/s1. The number of imide groups is 2. The number of nitrogens with one attached hydrogen (secondary N) is 2. The topological polar surface area (TPSA) is 179 Å². The first-order valence-electron chi connectivity index (χ1n) is 17.1. The van der Waals surface area contributed by atoms with Gasteiger partial charge in [-0.25, -0.2) is 9.97 Å². The minimum Gasteiger partial charge on any atom is -0.490 e. The first kappa shape index (κ1) is 33.4. The van der Waals surface area contributed by atoms with E-state index in [4.69, 9.17) is 13.9 Å². The van der Waals surface area contributed by atoms with E-state index in [0.717, 1.165) is 34.6 Å². The highest BCUT2D eigenvalue weighted by atomic mass is 16.5. The zero-order valence-electron chi connectivity index (χ0n) is 28.5. The molecule has 0 bridgehead atoms. The third-order valence-electron chi connectivity index (χ3n) is 9.50. The van der Waals surface area contributed by atoms with Gasteiger partial charge < -0.3 is 19.2 Å². The molecule has 2 aromatic heterocycles. The Labute approximate surface area is 303 Å². The summed E-state index contributed by atoms with van der Waals surface area (Å²) in [4.78, 5) is 59.5. The van der Waals surface area contributed by atoms with Crippen molar-refractivity contribution >= 4 is 29.3 Å². The molecule has 1 saturated carbocycles.